The van der Waals surface area contributed by atoms with Crippen LogP contribution in [0.25, 0.3) is 0 Å². The lowest BCUT2D eigenvalue weighted by atomic mass is 9.85. The highest BCUT2D eigenvalue weighted by atomic mass is 16.3. The number of amides is 1. The zero-order valence-electron chi connectivity index (χ0n) is 13.1. The summed E-state index contributed by atoms with van der Waals surface area (Å²) in [6.45, 7) is 0.252. The summed E-state index contributed by atoms with van der Waals surface area (Å²) in [5.74, 6) is -0.481. The molecule has 0 unspecified atom stereocenters. The molecule has 1 heterocycles. The highest BCUT2D eigenvalue weighted by molar-refractivity contribution is 5.90. The summed E-state index contributed by atoms with van der Waals surface area (Å²) >= 11 is 0. The molecule has 0 spiro atoms. The number of carbonyl (C=O) groups excluding carboxylic acids is 1. The second-order valence-electron chi connectivity index (χ2n) is 5.45. The van der Waals surface area contributed by atoms with E-state index in [0.717, 1.165) is 5.69 Å². The van der Waals surface area contributed by atoms with E-state index in [4.69, 9.17) is 0 Å². The van der Waals surface area contributed by atoms with Crippen molar-refractivity contribution in [3.05, 3.63) is 102 Å². The molecular formula is C20H18N2O2. The van der Waals surface area contributed by atoms with Crippen molar-refractivity contribution in [1.29, 1.82) is 0 Å². The van der Waals surface area contributed by atoms with Crippen LogP contribution in [0.4, 0.5) is 0 Å². The van der Waals surface area contributed by atoms with Crippen LogP contribution in [0.1, 0.15) is 16.8 Å². The van der Waals surface area contributed by atoms with Crippen LogP contribution < -0.4 is 5.32 Å². The van der Waals surface area contributed by atoms with Gasteiger partial charge in [0.2, 0.25) is 0 Å². The molecule has 0 atom stereocenters. The van der Waals surface area contributed by atoms with Gasteiger partial charge in [0, 0.05) is 6.20 Å². The smallest absolute Gasteiger partial charge is 0.261 e. The SMILES string of the molecule is O=C(NCc1ccccn1)C(O)(c1ccccc1)c1ccccc1. The van der Waals surface area contributed by atoms with Crippen LogP contribution in [0.3, 0.4) is 0 Å². The predicted molar refractivity (Wildman–Crippen MR) is 92.0 cm³/mol. The van der Waals surface area contributed by atoms with Crippen LogP contribution in [0.5, 0.6) is 0 Å². The van der Waals surface area contributed by atoms with Crippen molar-refractivity contribution in [3.8, 4) is 0 Å². The number of aromatic nitrogens is 1. The molecule has 3 rings (SSSR count). The van der Waals surface area contributed by atoms with Gasteiger partial charge in [0.05, 0.1) is 12.2 Å². The van der Waals surface area contributed by atoms with E-state index < -0.39 is 11.5 Å². The maximum atomic E-state index is 12.9. The van der Waals surface area contributed by atoms with Gasteiger partial charge in [-0.05, 0) is 23.3 Å². The first-order valence-corrected chi connectivity index (χ1v) is 7.73. The third kappa shape index (κ3) is 3.19. The van der Waals surface area contributed by atoms with Gasteiger partial charge in [-0.25, -0.2) is 0 Å². The van der Waals surface area contributed by atoms with E-state index in [0.29, 0.717) is 11.1 Å². The van der Waals surface area contributed by atoms with Crippen molar-refractivity contribution in [1.82, 2.24) is 10.3 Å². The molecule has 24 heavy (non-hydrogen) atoms. The zero-order valence-corrected chi connectivity index (χ0v) is 13.1. The molecule has 0 fully saturated rings. The van der Waals surface area contributed by atoms with Crippen molar-refractivity contribution >= 4 is 5.91 Å². The van der Waals surface area contributed by atoms with Crippen molar-refractivity contribution in [2.24, 2.45) is 0 Å². The molecule has 0 aliphatic heterocycles. The Labute approximate surface area is 140 Å². The number of hydrogen-bond acceptors (Lipinski definition) is 3. The molecule has 0 saturated heterocycles. The standard InChI is InChI=1S/C20H18N2O2/c23-19(22-15-18-13-7-8-14-21-18)20(24,16-9-3-1-4-10-16)17-11-5-2-6-12-17/h1-14,24H,15H2,(H,22,23). The van der Waals surface area contributed by atoms with E-state index in [2.05, 4.69) is 10.3 Å². The van der Waals surface area contributed by atoms with Gasteiger partial charge >= 0.3 is 0 Å². The highest BCUT2D eigenvalue weighted by Crippen LogP contribution is 2.29. The van der Waals surface area contributed by atoms with Crippen LogP contribution in [-0.4, -0.2) is 16.0 Å². The Hall–Kier alpha value is -2.98. The Kier molecular flexibility index (Phi) is 4.68. The number of carbonyl (C=O) groups is 1. The van der Waals surface area contributed by atoms with Gasteiger partial charge in [0.15, 0.2) is 5.60 Å². The first kappa shape index (κ1) is 15.9. The lowest BCUT2D eigenvalue weighted by molar-refractivity contribution is -0.136. The topological polar surface area (TPSA) is 62.2 Å². The van der Waals surface area contributed by atoms with E-state index in [1.165, 1.54) is 0 Å². The molecule has 0 bridgehead atoms. The quantitative estimate of drug-likeness (QED) is 0.760. The number of nitrogens with one attached hydrogen (secondary N) is 1. The van der Waals surface area contributed by atoms with Crippen LogP contribution in [-0.2, 0) is 16.9 Å². The second kappa shape index (κ2) is 7.06. The van der Waals surface area contributed by atoms with Gasteiger partial charge in [0.1, 0.15) is 0 Å². The lowest BCUT2D eigenvalue weighted by Crippen LogP contribution is -2.45. The summed E-state index contributed by atoms with van der Waals surface area (Å²) in [6, 6.07) is 23.4. The van der Waals surface area contributed by atoms with Crippen molar-refractivity contribution in [2.45, 2.75) is 12.1 Å². The Morgan fingerprint density at radius 3 is 1.92 bits per heavy atom. The van der Waals surface area contributed by atoms with Gasteiger partial charge in [-0.2, -0.15) is 0 Å². The highest BCUT2D eigenvalue weighted by Gasteiger charge is 2.39. The fourth-order valence-electron chi connectivity index (χ4n) is 2.59. The number of nitrogens with zero attached hydrogens (tertiary/aromatic N) is 1. The molecule has 2 N–H and O–H groups in total. The Morgan fingerprint density at radius 1 is 0.875 bits per heavy atom. The first-order chi connectivity index (χ1) is 11.7. The van der Waals surface area contributed by atoms with Gasteiger partial charge < -0.3 is 10.4 Å². The number of rotatable bonds is 5. The summed E-state index contributed by atoms with van der Waals surface area (Å²) in [6.07, 6.45) is 1.67. The normalized spacial score (nSPS) is 11.0. The Balaban J connectivity index is 1.92. The number of pyridine rings is 1. The Bertz CT molecular complexity index is 750. The zero-order chi connectivity index (χ0) is 16.8. The predicted octanol–water partition coefficient (Wildman–Crippen LogP) is 2.63. The maximum Gasteiger partial charge on any atom is 0.261 e. The van der Waals surface area contributed by atoms with E-state index in [-0.39, 0.29) is 6.54 Å². The van der Waals surface area contributed by atoms with Gasteiger partial charge in [-0.15, -0.1) is 0 Å². The van der Waals surface area contributed by atoms with Gasteiger partial charge in [0.25, 0.3) is 5.91 Å². The van der Waals surface area contributed by atoms with E-state index in [1.807, 2.05) is 30.3 Å². The summed E-state index contributed by atoms with van der Waals surface area (Å²) in [5.41, 5.74) is 0.0240. The molecule has 1 aromatic heterocycles. The van der Waals surface area contributed by atoms with Crippen LogP contribution in [0.2, 0.25) is 0 Å². The summed E-state index contributed by atoms with van der Waals surface area (Å²) in [7, 11) is 0. The molecule has 0 aliphatic carbocycles. The minimum absolute atomic E-state index is 0.252. The molecule has 120 valence electrons. The van der Waals surface area contributed by atoms with Crippen molar-refractivity contribution in [3.63, 3.8) is 0 Å². The molecular weight excluding hydrogens is 300 g/mol. The number of benzene rings is 2. The fourth-order valence-corrected chi connectivity index (χ4v) is 2.59. The molecule has 3 aromatic rings. The molecule has 4 heteroatoms. The largest absolute Gasteiger partial charge is 0.372 e. The molecule has 0 radical (unpaired) electrons. The van der Waals surface area contributed by atoms with Gasteiger partial charge in [-0.3, -0.25) is 9.78 Å². The third-order valence-corrected chi connectivity index (χ3v) is 3.87. The Morgan fingerprint density at radius 2 is 1.42 bits per heavy atom. The molecule has 0 aliphatic rings. The number of hydrogen-bond donors (Lipinski definition) is 2. The van der Waals surface area contributed by atoms with Crippen LogP contribution >= 0.6 is 0 Å². The van der Waals surface area contributed by atoms with E-state index in [1.54, 1.807) is 54.7 Å². The molecule has 1 amide bonds. The monoisotopic (exact) mass is 318 g/mol. The van der Waals surface area contributed by atoms with Crippen LogP contribution in [0, 0.1) is 0 Å². The number of aliphatic hydroxyl groups is 1. The van der Waals surface area contributed by atoms with E-state index in [9.17, 15) is 9.90 Å². The fraction of sp³-hybridized carbons (Fsp3) is 0.100. The summed E-state index contributed by atoms with van der Waals surface area (Å²) < 4.78 is 0. The van der Waals surface area contributed by atoms with Crippen molar-refractivity contribution < 1.29 is 9.90 Å². The third-order valence-electron chi connectivity index (χ3n) is 3.87. The van der Waals surface area contributed by atoms with E-state index >= 15 is 0 Å². The molecule has 2 aromatic carbocycles. The lowest BCUT2D eigenvalue weighted by Gasteiger charge is -2.28. The molecule has 0 saturated carbocycles. The minimum atomic E-state index is -1.75. The maximum absolute atomic E-state index is 12.9. The average molecular weight is 318 g/mol. The molecule has 4 nitrogen and oxygen atoms in total. The first-order valence-electron chi connectivity index (χ1n) is 7.73. The summed E-state index contributed by atoms with van der Waals surface area (Å²) in [4.78, 5) is 17.0. The summed E-state index contributed by atoms with van der Waals surface area (Å²) in [5, 5.41) is 14.1. The van der Waals surface area contributed by atoms with Crippen LogP contribution in [0.15, 0.2) is 85.1 Å². The minimum Gasteiger partial charge on any atom is -0.372 e. The van der Waals surface area contributed by atoms with Gasteiger partial charge in [-0.1, -0.05) is 66.7 Å². The van der Waals surface area contributed by atoms with Crippen molar-refractivity contribution in [2.75, 3.05) is 0 Å². The average Bonchev–Trinajstić information content (AvgIpc) is 2.67. The second-order valence-corrected chi connectivity index (χ2v) is 5.45.